The Morgan fingerprint density at radius 1 is 1.14 bits per heavy atom. The van der Waals surface area contributed by atoms with Crippen LogP contribution < -0.4 is 11.1 Å². The number of fused-ring (bicyclic) bond motifs is 4. The lowest BCUT2D eigenvalue weighted by molar-refractivity contribution is -0.192. The Morgan fingerprint density at radius 3 is 2.45 bits per heavy atom. The van der Waals surface area contributed by atoms with Gasteiger partial charge in [0.2, 0.25) is 5.95 Å². The summed E-state index contributed by atoms with van der Waals surface area (Å²) in [6.07, 6.45) is -1.86. The number of aromatic nitrogens is 3. The quantitative estimate of drug-likeness (QED) is 0.568. The zero-order valence-corrected chi connectivity index (χ0v) is 15.4. The minimum Gasteiger partial charge on any atom is -0.475 e. The van der Waals surface area contributed by atoms with Gasteiger partial charge in [0.1, 0.15) is 5.82 Å². The van der Waals surface area contributed by atoms with Gasteiger partial charge in [0.25, 0.3) is 0 Å². The molecule has 0 saturated heterocycles. The summed E-state index contributed by atoms with van der Waals surface area (Å²) in [5.41, 5.74) is 11.3. The molecule has 0 atom stereocenters. The van der Waals surface area contributed by atoms with Crippen molar-refractivity contribution in [2.45, 2.75) is 25.4 Å². The van der Waals surface area contributed by atoms with Crippen LogP contribution in [-0.2, 0) is 17.6 Å². The molecule has 0 fully saturated rings. The molecule has 2 aromatic heterocycles. The fraction of sp³-hybridized carbons (Fsp3) is 0.263. The van der Waals surface area contributed by atoms with Crippen molar-refractivity contribution in [1.29, 1.82) is 0 Å². The number of nitrogens with two attached hydrogens (primary N) is 1. The van der Waals surface area contributed by atoms with E-state index < -0.39 is 12.1 Å². The van der Waals surface area contributed by atoms with Crippen LogP contribution in [0.4, 0.5) is 24.9 Å². The van der Waals surface area contributed by atoms with Crippen LogP contribution in [0.3, 0.4) is 0 Å². The number of anilines is 2. The summed E-state index contributed by atoms with van der Waals surface area (Å²) in [6, 6.07) is 10.6. The SMILES string of the molecule is CNc1nc(N)nc2nc3c(cc12)CCCc1ccccc1-3.O=C(O)C(F)(F)F. The number of aliphatic carboxylic acids is 1. The number of nitrogen functional groups attached to an aromatic ring is 1. The van der Waals surface area contributed by atoms with E-state index in [9.17, 15) is 13.2 Å². The average molecular weight is 405 g/mol. The van der Waals surface area contributed by atoms with Crippen molar-refractivity contribution in [2.24, 2.45) is 0 Å². The van der Waals surface area contributed by atoms with Crippen molar-refractivity contribution in [3.8, 4) is 11.3 Å². The second kappa shape index (κ2) is 7.90. The average Bonchev–Trinajstić information content (AvgIpc) is 2.84. The molecule has 3 aromatic rings. The van der Waals surface area contributed by atoms with Crippen molar-refractivity contribution in [1.82, 2.24) is 15.0 Å². The molecule has 4 rings (SSSR count). The number of carbonyl (C=O) groups is 1. The zero-order chi connectivity index (χ0) is 21.2. The molecule has 29 heavy (non-hydrogen) atoms. The first-order valence-electron chi connectivity index (χ1n) is 8.74. The van der Waals surface area contributed by atoms with Crippen LogP contribution in [0, 0.1) is 0 Å². The van der Waals surface area contributed by atoms with Gasteiger partial charge in [0.05, 0.1) is 11.1 Å². The smallest absolute Gasteiger partial charge is 0.475 e. The van der Waals surface area contributed by atoms with Gasteiger partial charge in [-0.1, -0.05) is 24.3 Å². The second-order valence-corrected chi connectivity index (χ2v) is 6.36. The number of halogens is 3. The van der Waals surface area contributed by atoms with Crippen LogP contribution in [0.25, 0.3) is 22.3 Å². The molecular weight excluding hydrogens is 387 g/mol. The van der Waals surface area contributed by atoms with E-state index >= 15 is 0 Å². The number of carboxylic acids is 1. The molecule has 0 unspecified atom stereocenters. The molecular formula is C19H18F3N5O2. The maximum Gasteiger partial charge on any atom is 0.490 e. The number of rotatable bonds is 1. The zero-order valence-electron chi connectivity index (χ0n) is 15.4. The van der Waals surface area contributed by atoms with Gasteiger partial charge in [-0.15, -0.1) is 0 Å². The van der Waals surface area contributed by atoms with Crippen molar-refractivity contribution >= 4 is 28.8 Å². The highest BCUT2D eigenvalue weighted by Crippen LogP contribution is 2.34. The number of pyridine rings is 1. The lowest BCUT2D eigenvalue weighted by atomic mass is 10.0. The van der Waals surface area contributed by atoms with Crippen molar-refractivity contribution < 1.29 is 23.1 Å². The predicted octanol–water partition coefficient (Wildman–Crippen LogP) is 3.44. The number of alkyl halides is 3. The van der Waals surface area contributed by atoms with Crippen LogP contribution in [0.15, 0.2) is 30.3 Å². The van der Waals surface area contributed by atoms with Crippen LogP contribution >= 0.6 is 0 Å². The Hall–Kier alpha value is -3.43. The molecule has 0 bridgehead atoms. The molecule has 1 aliphatic rings. The van der Waals surface area contributed by atoms with Gasteiger partial charge in [-0.05, 0) is 36.5 Å². The maximum atomic E-state index is 10.6. The Kier molecular flexibility index (Phi) is 5.53. The summed E-state index contributed by atoms with van der Waals surface area (Å²) in [4.78, 5) is 22.3. The minimum atomic E-state index is -5.08. The van der Waals surface area contributed by atoms with Gasteiger partial charge < -0.3 is 16.2 Å². The first-order valence-corrected chi connectivity index (χ1v) is 8.74. The van der Waals surface area contributed by atoms with Gasteiger partial charge >= 0.3 is 12.1 Å². The van der Waals surface area contributed by atoms with E-state index in [1.165, 1.54) is 16.7 Å². The van der Waals surface area contributed by atoms with Crippen LogP contribution in [-0.4, -0.2) is 39.3 Å². The molecule has 0 aliphatic heterocycles. The molecule has 1 aromatic carbocycles. The number of hydrogen-bond donors (Lipinski definition) is 3. The van der Waals surface area contributed by atoms with Gasteiger partial charge in [0, 0.05) is 12.6 Å². The number of carboxylic acid groups (broad SMARTS) is 1. The molecule has 0 spiro atoms. The highest BCUT2D eigenvalue weighted by atomic mass is 19.4. The van der Waals surface area contributed by atoms with E-state index in [0.29, 0.717) is 5.65 Å². The van der Waals surface area contributed by atoms with Crippen molar-refractivity contribution in [3.63, 3.8) is 0 Å². The number of hydrogen-bond acceptors (Lipinski definition) is 6. The molecule has 0 radical (unpaired) electrons. The third kappa shape index (κ3) is 4.36. The lowest BCUT2D eigenvalue weighted by Crippen LogP contribution is -2.21. The Balaban J connectivity index is 0.000000298. The van der Waals surface area contributed by atoms with Crippen LogP contribution in [0.5, 0.6) is 0 Å². The Bertz CT molecular complexity index is 1070. The highest BCUT2D eigenvalue weighted by Gasteiger charge is 2.38. The normalized spacial score (nSPS) is 12.8. The number of nitrogens with zero attached hydrogens (tertiary/aromatic N) is 3. The molecule has 10 heteroatoms. The largest absolute Gasteiger partial charge is 0.490 e. The monoisotopic (exact) mass is 405 g/mol. The number of nitrogens with one attached hydrogen (secondary N) is 1. The van der Waals surface area contributed by atoms with E-state index in [4.69, 9.17) is 20.6 Å². The summed E-state index contributed by atoms with van der Waals surface area (Å²) in [6.45, 7) is 0. The molecule has 0 amide bonds. The summed E-state index contributed by atoms with van der Waals surface area (Å²) >= 11 is 0. The number of aryl methyl sites for hydroxylation is 2. The fourth-order valence-corrected chi connectivity index (χ4v) is 3.17. The van der Waals surface area contributed by atoms with Crippen molar-refractivity contribution in [2.75, 3.05) is 18.1 Å². The van der Waals surface area contributed by atoms with Gasteiger partial charge in [0.15, 0.2) is 5.65 Å². The van der Waals surface area contributed by atoms with E-state index in [-0.39, 0.29) is 5.95 Å². The van der Waals surface area contributed by atoms with Gasteiger partial charge in [-0.25, -0.2) is 9.78 Å². The molecule has 1 aliphatic carbocycles. The summed E-state index contributed by atoms with van der Waals surface area (Å²) < 4.78 is 31.7. The Labute approximate surface area is 163 Å². The summed E-state index contributed by atoms with van der Waals surface area (Å²) in [7, 11) is 1.84. The molecule has 152 valence electrons. The summed E-state index contributed by atoms with van der Waals surface area (Å²) in [5.74, 6) is -1.78. The summed E-state index contributed by atoms with van der Waals surface area (Å²) in [5, 5.41) is 11.1. The Morgan fingerprint density at radius 2 is 1.79 bits per heavy atom. The fourth-order valence-electron chi connectivity index (χ4n) is 3.17. The minimum absolute atomic E-state index is 0.242. The van der Waals surface area contributed by atoms with Crippen LogP contribution in [0.2, 0.25) is 0 Å². The second-order valence-electron chi connectivity index (χ2n) is 6.36. The topological polar surface area (TPSA) is 114 Å². The number of benzene rings is 1. The standard InChI is InChI=1S/C17H17N5.C2HF3O2/c1-19-15-13-9-11-7-4-6-10-5-2-3-8-12(10)14(11)20-16(13)22-17(18)21-15;3-2(4,5)1(6)7/h2-3,5,8-9H,4,6-7H2,1H3,(H3,18,19,20,21,22);(H,6,7). The predicted molar refractivity (Wildman–Crippen MR) is 102 cm³/mol. The maximum absolute atomic E-state index is 10.6. The molecule has 4 N–H and O–H groups in total. The van der Waals surface area contributed by atoms with Crippen molar-refractivity contribution in [3.05, 3.63) is 41.5 Å². The lowest BCUT2D eigenvalue weighted by Gasteiger charge is -2.11. The first kappa shape index (κ1) is 20.3. The van der Waals surface area contributed by atoms with E-state index in [1.54, 1.807) is 0 Å². The van der Waals surface area contributed by atoms with Crippen LogP contribution in [0.1, 0.15) is 17.5 Å². The third-order valence-corrected chi connectivity index (χ3v) is 4.43. The molecule has 0 saturated carbocycles. The van der Waals surface area contributed by atoms with Gasteiger partial charge in [-0.3, -0.25) is 0 Å². The molecule has 7 nitrogen and oxygen atoms in total. The van der Waals surface area contributed by atoms with E-state index in [2.05, 4.69) is 45.6 Å². The third-order valence-electron chi connectivity index (χ3n) is 4.43. The van der Waals surface area contributed by atoms with E-state index in [0.717, 1.165) is 36.2 Å². The molecule has 2 heterocycles. The first-order chi connectivity index (χ1) is 13.7. The van der Waals surface area contributed by atoms with Gasteiger partial charge in [-0.2, -0.15) is 23.1 Å². The highest BCUT2D eigenvalue weighted by molar-refractivity contribution is 5.90. The van der Waals surface area contributed by atoms with E-state index in [1.807, 2.05) is 7.05 Å².